The van der Waals surface area contributed by atoms with Gasteiger partial charge >= 0.3 is 5.97 Å². The molecule has 3 rings (SSSR count). The predicted molar refractivity (Wildman–Crippen MR) is 125 cm³/mol. The van der Waals surface area contributed by atoms with E-state index in [0.717, 1.165) is 11.1 Å². The lowest BCUT2D eigenvalue weighted by Crippen LogP contribution is -2.37. The third-order valence-corrected chi connectivity index (χ3v) is 6.37. The number of carbonyl (C=O) groups excluding carboxylic acids is 2. The topological polar surface area (TPSA) is 102 Å². The van der Waals surface area contributed by atoms with Crippen LogP contribution >= 0.6 is 0 Å². The van der Waals surface area contributed by atoms with Crippen LogP contribution in [0.5, 0.6) is 0 Å². The summed E-state index contributed by atoms with van der Waals surface area (Å²) >= 11 is 0. The Morgan fingerprint density at radius 3 is 2.35 bits per heavy atom. The molecule has 7 nitrogen and oxygen atoms in total. The molecule has 1 unspecified atom stereocenters. The van der Waals surface area contributed by atoms with Gasteiger partial charge in [-0.25, -0.2) is 22.3 Å². The minimum absolute atomic E-state index is 0.00792. The SMILES string of the molecule is CC(OC(=O)c1cccc(S(=O)(=O)NCc2ccccc2)c1)C(=O)NCCc1ccc(F)cc1. The molecule has 0 aromatic heterocycles. The number of amides is 1. The normalized spacial score (nSPS) is 12.1. The first kappa shape index (κ1) is 25.1. The van der Waals surface area contributed by atoms with Crippen LogP contribution in [0.4, 0.5) is 4.39 Å². The molecule has 0 saturated heterocycles. The highest BCUT2D eigenvalue weighted by Crippen LogP contribution is 2.14. The van der Waals surface area contributed by atoms with Gasteiger partial charge in [-0.3, -0.25) is 4.79 Å². The van der Waals surface area contributed by atoms with Gasteiger partial charge in [0.1, 0.15) is 5.82 Å². The van der Waals surface area contributed by atoms with Gasteiger partial charge in [0.2, 0.25) is 10.0 Å². The molecule has 9 heteroatoms. The fourth-order valence-electron chi connectivity index (χ4n) is 3.05. The minimum Gasteiger partial charge on any atom is -0.449 e. The molecule has 0 heterocycles. The first-order valence-electron chi connectivity index (χ1n) is 10.6. The summed E-state index contributed by atoms with van der Waals surface area (Å²) in [7, 11) is -3.86. The van der Waals surface area contributed by atoms with E-state index in [-0.39, 0.29) is 29.4 Å². The second-order valence-electron chi connectivity index (χ2n) is 7.55. The number of nitrogens with one attached hydrogen (secondary N) is 2. The second-order valence-corrected chi connectivity index (χ2v) is 9.32. The van der Waals surface area contributed by atoms with Gasteiger partial charge in [0.05, 0.1) is 10.5 Å². The first-order chi connectivity index (χ1) is 16.2. The van der Waals surface area contributed by atoms with Crippen LogP contribution in [0, 0.1) is 5.82 Å². The molecule has 34 heavy (non-hydrogen) atoms. The number of rotatable bonds is 10. The summed E-state index contributed by atoms with van der Waals surface area (Å²) < 4.78 is 45.9. The Hall–Kier alpha value is -3.56. The van der Waals surface area contributed by atoms with Crippen molar-refractivity contribution in [1.29, 1.82) is 0 Å². The number of hydrogen-bond acceptors (Lipinski definition) is 5. The Labute approximate surface area is 198 Å². The zero-order chi connectivity index (χ0) is 24.6. The van der Waals surface area contributed by atoms with Crippen LogP contribution in [0.25, 0.3) is 0 Å². The Balaban J connectivity index is 1.54. The number of sulfonamides is 1. The van der Waals surface area contributed by atoms with Crippen molar-refractivity contribution in [3.05, 3.63) is 101 Å². The quantitative estimate of drug-likeness (QED) is 0.431. The van der Waals surface area contributed by atoms with Crippen molar-refractivity contribution in [3.63, 3.8) is 0 Å². The maximum atomic E-state index is 12.9. The van der Waals surface area contributed by atoms with E-state index in [4.69, 9.17) is 4.74 Å². The van der Waals surface area contributed by atoms with Crippen LogP contribution < -0.4 is 10.0 Å². The van der Waals surface area contributed by atoms with E-state index < -0.39 is 28.0 Å². The van der Waals surface area contributed by atoms with Gasteiger partial charge in [0.25, 0.3) is 5.91 Å². The van der Waals surface area contributed by atoms with E-state index in [1.54, 1.807) is 36.4 Å². The fraction of sp³-hybridized carbons (Fsp3) is 0.200. The molecule has 3 aromatic carbocycles. The van der Waals surface area contributed by atoms with Crippen molar-refractivity contribution in [1.82, 2.24) is 10.0 Å². The summed E-state index contributed by atoms with van der Waals surface area (Å²) in [5.74, 6) is -1.65. The first-order valence-corrected chi connectivity index (χ1v) is 12.1. The molecule has 3 aromatic rings. The zero-order valence-corrected chi connectivity index (χ0v) is 19.3. The van der Waals surface area contributed by atoms with Crippen LogP contribution in [0.2, 0.25) is 0 Å². The molecule has 1 atom stereocenters. The highest BCUT2D eigenvalue weighted by molar-refractivity contribution is 7.89. The molecule has 0 aliphatic carbocycles. The Morgan fingerprint density at radius 1 is 0.941 bits per heavy atom. The van der Waals surface area contributed by atoms with Crippen LogP contribution in [-0.4, -0.2) is 32.9 Å². The van der Waals surface area contributed by atoms with Gasteiger partial charge in [0, 0.05) is 13.1 Å². The molecule has 2 N–H and O–H groups in total. The average molecular weight is 485 g/mol. The lowest BCUT2D eigenvalue weighted by Gasteiger charge is -2.14. The van der Waals surface area contributed by atoms with Crippen molar-refractivity contribution in [2.45, 2.75) is 30.9 Å². The van der Waals surface area contributed by atoms with Gasteiger partial charge in [0.15, 0.2) is 6.10 Å². The van der Waals surface area contributed by atoms with Gasteiger partial charge in [-0.15, -0.1) is 0 Å². The van der Waals surface area contributed by atoms with Crippen molar-refractivity contribution in [2.24, 2.45) is 0 Å². The number of ether oxygens (including phenoxy) is 1. The van der Waals surface area contributed by atoms with Gasteiger partial charge in [-0.2, -0.15) is 0 Å². The Morgan fingerprint density at radius 2 is 1.65 bits per heavy atom. The molecule has 0 saturated carbocycles. The van der Waals surface area contributed by atoms with Crippen LogP contribution in [0.3, 0.4) is 0 Å². The predicted octanol–water partition coefficient (Wildman–Crippen LogP) is 3.21. The van der Waals surface area contributed by atoms with E-state index >= 15 is 0 Å². The summed E-state index contributed by atoms with van der Waals surface area (Å²) in [5.41, 5.74) is 1.65. The summed E-state index contributed by atoms with van der Waals surface area (Å²) in [5, 5.41) is 2.65. The molecular formula is C25H25FN2O5S. The molecule has 0 aliphatic rings. The van der Waals surface area contributed by atoms with Gasteiger partial charge in [-0.05, 0) is 54.8 Å². The number of carbonyl (C=O) groups is 2. The highest BCUT2D eigenvalue weighted by Gasteiger charge is 2.21. The largest absolute Gasteiger partial charge is 0.449 e. The number of halogens is 1. The molecule has 1 amide bonds. The zero-order valence-electron chi connectivity index (χ0n) is 18.5. The van der Waals surface area contributed by atoms with Crippen LogP contribution in [0.1, 0.15) is 28.4 Å². The molecule has 0 aliphatic heterocycles. The van der Waals surface area contributed by atoms with Crippen molar-refractivity contribution >= 4 is 21.9 Å². The smallest absolute Gasteiger partial charge is 0.338 e. The standard InChI is InChI=1S/C25H25FN2O5S/c1-18(24(29)27-15-14-19-10-12-22(26)13-11-19)33-25(30)21-8-5-9-23(16-21)34(31,32)28-17-20-6-3-2-4-7-20/h2-13,16,18,28H,14-15,17H2,1H3,(H,27,29). The van der Waals surface area contributed by atoms with E-state index in [1.807, 2.05) is 6.07 Å². The third-order valence-electron chi connectivity index (χ3n) is 4.97. The average Bonchev–Trinajstić information content (AvgIpc) is 2.84. The van der Waals surface area contributed by atoms with E-state index in [0.29, 0.717) is 6.42 Å². The van der Waals surface area contributed by atoms with E-state index in [1.165, 1.54) is 43.3 Å². The highest BCUT2D eigenvalue weighted by atomic mass is 32.2. The van der Waals surface area contributed by atoms with Gasteiger partial charge < -0.3 is 10.1 Å². The third kappa shape index (κ3) is 7.23. The molecule has 0 radical (unpaired) electrons. The number of hydrogen-bond donors (Lipinski definition) is 2. The van der Waals surface area contributed by atoms with E-state index in [2.05, 4.69) is 10.0 Å². The summed E-state index contributed by atoms with van der Waals surface area (Å²) in [6.07, 6.45) is -0.597. The molecule has 0 bridgehead atoms. The van der Waals surface area contributed by atoms with Gasteiger partial charge in [-0.1, -0.05) is 48.5 Å². The molecular weight excluding hydrogens is 459 g/mol. The van der Waals surface area contributed by atoms with E-state index in [9.17, 15) is 22.4 Å². The Kier molecular flexibility index (Phi) is 8.50. The molecule has 0 spiro atoms. The van der Waals surface area contributed by atoms with Crippen LogP contribution in [-0.2, 0) is 32.5 Å². The summed E-state index contributed by atoms with van der Waals surface area (Å²) in [6.45, 7) is 1.81. The lowest BCUT2D eigenvalue weighted by atomic mass is 10.1. The maximum absolute atomic E-state index is 12.9. The monoisotopic (exact) mass is 484 g/mol. The van der Waals surface area contributed by atoms with Crippen molar-refractivity contribution in [2.75, 3.05) is 6.54 Å². The summed E-state index contributed by atoms with van der Waals surface area (Å²) in [6, 6.07) is 20.4. The van der Waals surface area contributed by atoms with Crippen molar-refractivity contribution < 1.29 is 27.1 Å². The molecule has 0 fully saturated rings. The molecule has 178 valence electrons. The number of benzene rings is 3. The second kappa shape index (κ2) is 11.5. The van der Waals surface area contributed by atoms with Crippen LogP contribution in [0.15, 0.2) is 83.8 Å². The van der Waals surface area contributed by atoms with Crippen molar-refractivity contribution in [3.8, 4) is 0 Å². The fourth-order valence-corrected chi connectivity index (χ4v) is 4.12. The number of esters is 1. The lowest BCUT2D eigenvalue weighted by molar-refractivity contribution is -0.129. The minimum atomic E-state index is -3.86. The maximum Gasteiger partial charge on any atom is 0.338 e. The Bertz CT molecular complexity index is 1230. The summed E-state index contributed by atoms with van der Waals surface area (Å²) in [4.78, 5) is 24.6.